The molecule has 1 aliphatic rings. The van der Waals surface area contributed by atoms with Crippen molar-refractivity contribution in [3.63, 3.8) is 0 Å². The average Bonchev–Trinajstić information content (AvgIpc) is 2.84. The second-order valence-corrected chi connectivity index (χ2v) is 4.55. The summed E-state index contributed by atoms with van der Waals surface area (Å²) in [7, 11) is 0. The Kier molecular flexibility index (Phi) is 3.06. The van der Waals surface area contributed by atoms with Crippen LogP contribution in [0.3, 0.4) is 0 Å². The van der Waals surface area contributed by atoms with Crippen LogP contribution in [0.4, 0.5) is 0 Å². The molecule has 1 unspecified atom stereocenters. The van der Waals surface area contributed by atoms with Gasteiger partial charge in [0.2, 0.25) is 0 Å². The Labute approximate surface area is 106 Å². The number of nitrogens with one attached hydrogen (secondary N) is 1. The number of pyridine rings is 1. The van der Waals surface area contributed by atoms with Crippen LogP contribution in [0, 0.1) is 0 Å². The highest BCUT2D eigenvalue weighted by Crippen LogP contribution is 2.23. The molecular weight excluding hydrogens is 226 g/mol. The molecule has 0 saturated carbocycles. The van der Waals surface area contributed by atoms with Gasteiger partial charge in [-0.25, -0.2) is 0 Å². The van der Waals surface area contributed by atoms with Gasteiger partial charge >= 0.3 is 0 Å². The van der Waals surface area contributed by atoms with E-state index in [9.17, 15) is 0 Å². The summed E-state index contributed by atoms with van der Waals surface area (Å²) in [6, 6.07) is 4.15. The first-order valence-electron chi connectivity index (χ1n) is 6.45. The molecule has 1 aliphatic heterocycles. The van der Waals surface area contributed by atoms with E-state index in [1.807, 2.05) is 12.3 Å². The number of rotatable bonds is 3. The highest BCUT2D eigenvalue weighted by atomic mass is 15.3. The van der Waals surface area contributed by atoms with Crippen molar-refractivity contribution in [3.05, 3.63) is 41.7 Å². The predicted octanol–water partition coefficient (Wildman–Crippen LogP) is 1.32. The van der Waals surface area contributed by atoms with Crippen molar-refractivity contribution in [3.8, 4) is 0 Å². The van der Waals surface area contributed by atoms with Gasteiger partial charge in [-0.3, -0.25) is 4.98 Å². The number of aryl methyl sites for hydroxylation is 1. The molecule has 0 amide bonds. The normalized spacial score (nSPS) is 18.6. The van der Waals surface area contributed by atoms with Crippen LogP contribution in [0.25, 0.3) is 0 Å². The van der Waals surface area contributed by atoms with Crippen molar-refractivity contribution in [1.29, 1.82) is 0 Å². The van der Waals surface area contributed by atoms with Crippen LogP contribution >= 0.6 is 0 Å². The number of hydrogen-bond acceptors (Lipinski definition) is 4. The predicted molar refractivity (Wildman–Crippen MR) is 68.1 cm³/mol. The fourth-order valence-corrected chi connectivity index (χ4v) is 2.44. The zero-order chi connectivity index (χ0) is 12.4. The molecule has 5 heteroatoms. The third kappa shape index (κ3) is 1.90. The Morgan fingerprint density at radius 1 is 1.44 bits per heavy atom. The number of nitrogens with zero attached hydrogens (tertiary/aromatic N) is 4. The van der Waals surface area contributed by atoms with Gasteiger partial charge < -0.3 is 9.88 Å². The Morgan fingerprint density at radius 3 is 3.17 bits per heavy atom. The molecule has 1 N–H and O–H groups in total. The molecule has 18 heavy (non-hydrogen) atoms. The first-order valence-corrected chi connectivity index (χ1v) is 6.45. The Morgan fingerprint density at radius 2 is 2.39 bits per heavy atom. The summed E-state index contributed by atoms with van der Waals surface area (Å²) < 4.78 is 2.25. The van der Waals surface area contributed by atoms with Gasteiger partial charge in [-0.15, -0.1) is 10.2 Å². The summed E-state index contributed by atoms with van der Waals surface area (Å²) in [5.41, 5.74) is 1.15. The quantitative estimate of drug-likeness (QED) is 0.883. The van der Waals surface area contributed by atoms with E-state index < -0.39 is 0 Å². The molecule has 0 bridgehead atoms. The summed E-state index contributed by atoms with van der Waals surface area (Å²) in [6.45, 7) is 4.07. The van der Waals surface area contributed by atoms with Gasteiger partial charge in [-0.1, -0.05) is 13.0 Å². The largest absolute Gasteiger partial charge is 0.312 e. The van der Waals surface area contributed by atoms with E-state index >= 15 is 0 Å². The van der Waals surface area contributed by atoms with Gasteiger partial charge in [0.1, 0.15) is 5.82 Å². The first-order chi connectivity index (χ1) is 8.90. The van der Waals surface area contributed by atoms with Crippen LogP contribution in [0.2, 0.25) is 0 Å². The van der Waals surface area contributed by atoms with Crippen LogP contribution in [0.1, 0.15) is 36.6 Å². The fraction of sp³-hybridized carbons (Fsp3) is 0.462. The van der Waals surface area contributed by atoms with Crippen molar-refractivity contribution < 1.29 is 0 Å². The maximum Gasteiger partial charge on any atom is 0.154 e. The van der Waals surface area contributed by atoms with Gasteiger partial charge in [-0.05, 0) is 18.1 Å². The van der Waals surface area contributed by atoms with Crippen molar-refractivity contribution in [2.75, 3.05) is 6.54 Å². The zero-order valence-corrected chi connectivity index (χ0v) is 10.5. The minimum Gasteiger partial charge on any atom is -0.312 e. The molecule has 5 nitrogen and oxygen atoms in total. The lowest BCUT2D eigenvalue weighted by Gasteiger charge is -2.25. The van der Waals surface area contributed by atoms with Crippen LogP contribution in [-0.2, 0) is 13.0 Å². The average molecular weight is 243 g/mol. The van der Waals surface area contributed by atoms with Gasteiger partial charge in [0, 0.05) is 31.9 Å². The van der Waals surface area contributed by atoms with Gasteiger partial charge in [0.25, 0.3) is 0 Å². The molecule has 0 fully saturated rings. The molecule has 3 rings (SSSR count). The van der Waals surface area contributed by atoms with E-state index in [4.69, 9.17) is 0 Å². The third-order valence-corrected chi connectivity index (χ3v) is 3.29. The Balaban J connectivity index is 1.98. The van der Waals surface area contributed by atoms with E-state index in [2.05, 4.69) is 38.1 Å². The second kappa shape index (κ2) is 4.86. The Hall–Kier alpha value is -1.75. The highest BCUT2D eigenvalue weighted by molar-refractivity contribution is 5.23. The number of hydrogen-bond donors (Lipinski definition) is 1. The van der Waals surface area contributed by atoms with E-state index in [1.165, 1.54) is 0 Å². The minimum atomic E-state index is 0.116. The standard InChI is InChI=1S/C13H17N5/c1-2-4-11-16-17-13-12(15-7-8-18(11)13)10-5-3-6-14-9-10/h3,5-6,9,12,15H,2,4,7-8H2,1H3. The highest BCUT2D eigenvalue weighted by Gasteiger charge is 2.25. The second-order valence-electron chi connectivity index (χ2n) is 4.55. The minimum absolute atomic E-state index is 0.116. The maximum absolute atomic E-state index is 4.36. The first kappa shape index (κ1) is 11.3. The van der Waals surface area contributed by atoms with Gasteiger partial charge in [0.05, 0.1) is 6.04 Å². The SMILES string of the molecule is CCCc1nnc2n1CCNC2c1cccnc1. The van der Waals surface area contributed by atoms with Crippen molar-refractivity contribution >= 4 is 0 Å². The lowest BCUT2D eigenvalue weighted by Crippen LogP contribution is -2.35. The molecule has 0 saturated heterocycles. The van der Waals surface area contributed by atoms with Crippen molar-refractivity contribution in [2.24, 2.45) is 0 Å². The van der Waals surface area contributed by atoms with Crippen LogP contribution in [0.15, 0.2) is 24.5 Å². The number of aromatic nitrogens is 4. The third-order valence-electron chi connectivity index (χ3n) is 3.29. The molecule has 0 spiro atoms. The lowest BCUT2D eigenvalue weighted by atomic mass is 10.1. The van der Waals surface area contributed by atoms with Crippen molar-refractivity contribution in [1.82, 2.24) is 25.1 Å². The molecule has 3 heterocycles. The molecule has 0 aliphatic carbocycles. The summed E-state index contributed by atoms with van der Waals surface area (Å²) in [6.07, 6.45) is 5.77. The number of fused-ring (bicyclic) bond motifs is 1. The monoisotopic (exact) mass is 243 g/mol. The van der Waals surface area contributed by atoms with E-state index in [0.717, 1.165) is 43.1 Å². The zero-order valence-electron chi connectivity index (χ0n) is 10.5. The lowest BCUT2D eigenvalue weighted by molar-refractivity contribution is 0.446. The molecule has 1 atom stereocenters. The molecule has 0 aromatic carbocycles. The van der Waals surface area contributed by atoms with Gasteiger partial charge in [-0.2, -0.15) is 0 Å². The molecule has 94 valence electrons. The molecule has 2 aromatic rings. The summed E-state index contributed by atoms with van der Waals surface area (Å²) in [5.74, 6) is 2.11. The van der Waals surface area contributed by atoms with Crippen LogP contribution in [-0.4, -0.2) is 26.3 Å². The summed E-state index contributed by atoms with van der Waals surface area (Å²) in [5, 5.41) is 12.2. The smallest absolute Gasteiger partial charge is 0.154 e. The molecule has 0 radical (unpaired) electrons. The van der Waals surface area contributed by atoms with E-state index in [0.29, 0.717) is 0 Å². The summed E-state index contributed by atoms with van der Waals surface area (Å²) >= 11 is 0. The maximum atomic E-state index is 4.36. The van der Waals surface area contributed by atoms with E-state index in [-0.39, 0.29) is 6.04 Å². The fourth-order valence-electron chi connectivity index (χ4n) is 2.44. The van der Waals surface area contributed by atoms with Gasteiger partial charge in [0.15, 0.2) is 5.82 Å². The topological polar surface area (TPSA) is 55.6 Å². The van der Waals surface area contributed by atoms with Crippen LogP contribution in [0.5, 0.6) is 0 Å². The molecular formula is C13H17N5. The van der Waals surface area contributed by atoms with E-state index in [1.54, 1.807) is 6.20 Å². The van der Waals surface area contributed by atoms with Crippen LogP contribution < -0.4 is 5.32 Å². The Bertz CT molecular complexity index is 519. The molecule has 2 aromatic heterocycles. The summed E-state index contributed by atoms with van der Waals surface area (Å²) in [4.78, 5) is 4.18. The van der Waals surface area contributed by atoms with Crippen molar-refractivity contribution in [2.45, 2.75) is 32.4 Å².